The van der Waals surface area contributed by atoms with Crippen LogP contribution in [0.2, 0.25) is 5.22 Å². The Kier molecular flexibility index (Phi) is 4.61. The van der Waals surface area contributed by atoms with Crippen molar-refractivity contribution in [1.82, 2.24) is 4.90 Å². The lowest BCUT2D eigenvalue weighted by molar-refractivity contribution is 0.0684. The van der Waals surface area contributed by atoms with Crippen LogP contribution >= 0.6 is 11.6 Å². The van der Waals surface area contributed by atoms with Crippen molar-refractivity contribution in [2.75, 3.05) is 26.3 Å². The Morgan fingerprint density at radius 3 is 2.40 bits per heavy atom. The zero-order valence-corrected chi connectivity index (χ0v) is 8.78. The van der Waals surface area contributed by atoms with E-state index in [1.54, 1.807) is 0 Å². The number of hydrogen-bond donors (Lipinski definition) is 2. The molecule has 6 heteroatoms. The molecule has 2 N–H and O–H groups in total. The van der Waals surface area contributed by atoms with Gasteiger partial charge in [-0.1, -0.05) is 0 Å². The van der Waals surface area contributed by atoms with Crippen LogP contribution in [0, 0.1) is 0 Å². The Labute approximate surface area is 91.9 Å². The van der Waals surface area contributed by atoms with Crippen LogP contribution in [0.1, 0.15) is 10.4 Å². The molecule has 1 aromatic rings. The van der Waals surface area contributed by atoms with Gasteiger partial charge in [0.15, 0.2) is 0 Å². The summed E-state index contributed by atoms with van der Waals surface area (Å²) in [7, 11) is 0. The number of hydrogen-bond acceptors (Lipinski definition) is 4. The average Bonchev–Trinajstić information content (AvgIpc) is 2.63. The number of aliphatic hydroxyl groups excluding tert-OH is 2. The second-order valence-electron chi connectivity index (χ2n) is 2.85. The maximum atomic E-state index is 11.8. The van der Waals surface area contributed by atoms with Crippen molar-refractivity contribution in [3.05, 3.63) is 23.1 Å². The lowest BCUT2D eigenvalue weighted by Crippen LogP contribution is -2.35. The van der Waals surface area contributed by atoms with E-state index in [9.17, 15) is 4.79 Å². The van der Waals surface area contributed by atoms with E-state index in [4.69, 9.17) is 26.2 Å². The predicted molar refractivity (Wildman–Crippen MR) is 53.8 cm³/mol. The molecule has 0 radical (unpaired) electrons. The first-order chi connectivity index (χ1) is 7.20. The quantitative estimate of drug-likeness (QED) is 0.770. The molecule has 0 aliphatic heterocycles. The van der Waals surface area contributed by atoms with Gasteiger partial charge in [0.1, 0.15) is 0 Å². The van der Waals surface area contributed by atoms with Crippen molar-refractivity contribution < 1.29 is 19.4 Å². The molecule has 0 atom stereocenters. The molecular formula is C9H12ClNO4. The first-order valence-corrected chi connectivity index (χ1v) is 4.82. The molecule has 5 nitrogen and oxygen atoms in total. The van der Waals surface area contributed by atoms with E-state index in [2.05, 4.69) is 0 Å². The second kappa shape index (κ2) is 5.75. The Morgan fingerprint density at radius 2 is 2.00 bits per heavy atom. The van der Waals surface area contributed by atoms with E-state index in [0.717, 1.165) is 0 Å². The highest BCUT2D eigenvalue weighted by molar-refractivity contribution is 6.32. The molecular weight excluding hydrogens is 222 g/mol. The second-order valence-corrected chi connectivity index (χ2v) is 3.19. The number of carbonyl (C=O) groups is 1. The molecule has 0 aromatic carbocycles. The van der Waals surface area contributed by atoms with E-state index < -0.39 is 0 Å². The summed E-state index contributed by atoms with van der Waals surface area (Å²) < 4.78 is 4.79. The highest BCUT2D eigenvalue weighted by Crippen LogP contribution is 2.18. The van der Waals surface area contributed by atoms with Crippen LogP contribution in [0.5, 0.6) is 0 Å². The van der Waals surface area contributed by atoms with E-state index >= 15 is 0 Å². The smallest absolute Gasteiger partial charge is 0.258 e. The highest BCUT2D eigenvalue weighted by atomic mass is 35.5. The van der Waals surface area contributed by atoms with E-state index in [1.807, 2.05) is 0 Å². The van der Waals surface area contributed by atoms with Crippen LogP contribution < -0.4 is 0 Å². The normalized spacial score (nSPS) is 10.3. The molecule has 0 aliphatic rings. The summed E-state index contributed by atoms with van der Waals surface area (Å²) in [5.41, 5.74) is 0.235. The van der Waals surface area contributed by atoms with Gasteiger partial charge < -0.3 is 19.5 Å². The van der Waals surface area contributed by atoms with E-state index in [-0.39, 0.29) is 43.0 Å². The summed E-state index contributed by atoms with van der Waals surface area (Å²) in [6.45, 7) is -0.0236. The molecule has 1 aromatic heterocycles. The standard InChI is InChI=1S/C9H12ClNO4/c10-8-7(1-6-15-8)9(14)11(2-4-12)3-5-13/h1,6,12-13H,2-5H2. The fourth-order valence-corrected chi connectivity index (χ4v) is 1.37. The number of carbonyl (C=O) groups excluding carboxylic acids is 1. The number of nitrogens with zero attached hydrogens (tertiary/aromatic N) is 1. The van der Waals surface area contributed by atoms with Crippen LogP contribution in [0.15, 0.2) is 16.7 Å². The first kappa shape index (κ1) is 12.0. The van der Waals surface area contributed by atoms with Gasteiger partial charge in [0.05, 0.1) is 25.0 Å². The van der Waals surface area contributed by atoms with E-state index in [0.29, 0.717) is 0 Å². The summed E-state index contributed by atoms with van der Waals surface area (Å²) in [6.07, 6.45) is 1.31. The SMILES string of the molecule is O=C(c1ccoc1Cl)N(CCO)CCO. The number of aliphatic hydroxyl groups is 2. The number of rotatable bonds is 5. The third kappa shape index (κ3) is 2.95. The number of furan rings is 1. The van der Waals surface area contributed by atoms with Crippen molar-refractivity contribution in [2.45, 2.75) is 0 Å². The maximum Gasteiger partial charge on any atom is 0.258 e. The van der Waals surface area contributed by atoms with Crippen LogP contribution in [0.3, 0.4) is 0 Å². The molecule has 0 spiro atoms. The number of halogens is 1. The van der Waals surface area contributed by atoms with Gasteiger partial charge in [-0.25, -0.2) is 0 Å². The molecule has 0 bridgehead atoms. The highest BCUT2D eigenvalue weighted by Gasteiger charge is 2.19. The molecule has 0 aliphatic carbocycles. The van der Waals surface area contributed by atoms with E-state index in [1.165, 1.54) is 17.2 Å². The summed E-state index contributed by atoms with van der Waals surface area (Å²) in [6, 6.07) is 1.45. The van der Waals surface area contributed by atoms with Gasteiger partial charge in [0.25, 0.3) is 5.91 Å². The average molecular weight is 234 g/mol. The topological polar surface area (TPSA) is 73.9 Å². The summed E-state index contributed by atoms with van der Waals surface area (Å²) in [5, 5.41) is 17.5. The Hall–Kier alpha value is -1.04. The minimum absolute atomic E-state index is 0.0147. The van der Waals surface area contributed by atoms with Crippen LogP contribution in [0.4, 0.5) is 0 Å². The summed E-state index contributed by atoms with van der Waals surface area (Å²) in [5.74, 6) is -0.364. The first-order valence-electron chi connectivity index (χ1n) is 4.44. The molecule has 84 valence electrons. The summed E-state index contributed by atoms with van der Waals surface area (Å²) in [4.78, 5) is 13.1. The van der Waals surface area contributed by atoms with Crippen molar-refractivity contribution >= 4 is 17.5 Å². The molecule has 1 rings (SSSR count). The zero-order chi connectivity index (χ0) is 11.3. The Morgan fingerprint density at radius 1 is 1.40 bits per heavy atom. The molecule has 0 saturated carbocycles. The predicted octanol–water partition coefficient (Wildman–Crippen LogP) is 0.360. The van der Waals surface area contributed by atoms with Gasteiger partial charge in [-0.15, -0.1) is 0 Å². The van der Waals surface area contributed by atoms with Gasteiger partial charge in [-0.3, -0.25) is 4.79 Å². The van der Waals surface area contributed by atoms with Crippen LogP contribution in [0.25, 0.3) is 0 Å². The largest absolute Gasteiger partial charge is 0.452 e. The third-order valence-corrected chi connectivity index (χ3v) is 2.17. The number of amides is 1. The van der Waals surface area contributed by atoms with Gasteiger partial charge in [-0.2, -0.15) is 0 Å². The Balaban J connectivity index is 2.76. The third-order valence-electron chi connectivity index (χ3n) is 1.88. The lowest BCUT2D eigenvalue weighted by atomic mass is 10.3. The molecule has 1 heterocycles. The van der Waals surface area contributed by atoms with Crippen molar-refractivity contribution in [3.8, 4) is 0 Å². The van der Waals surface area contributed by atoms with Crippen molar-refractivity contribution in [1.29, 1.82) is 0 Å². The van der Waals surface area contributed by atoms with Gasteiger partial charge in [0, 0.05) is 13.1 Å². The Bertz CT molecular complexity index is 320. The molecule has 15 heavy (non-hydrogen) atoms. The van der Waals surface area contributed by atoms with Crippen molar-refractivity contribution in [2.24, 2.45) is 0 Å². The van der Waals surface area contributed by atoms with Gasteiger partial charge in [0.2, 0.25) is 5.22 Å². The zero-order valence-electron chi connectivity index (χ0n) is 8.02. The summed E-state index contributed by atoms with van der Waals surface area (Å²) >= 11 is 5.64. The van der Waals surface area contributed by atoms with Gasteiger partial charge >= 0.3 is 0 Å². The minimum Gasteiger partial charge on any atom is -0.452 e. The van der Waals surface area contributed by atoms with Crippen LogP contribution in [-0.2, 0) is 0 Å². The molecule has 0 unspecified atom stereocenters. The minimum atomic E-state index is -0.364. The maximum absolute atomic E-state index is 11.8. The lowest BCUT2D eigenvalue weighted by Gasteiger charge is -2.19. The molecule has 0 saturated heterocycles. The fraction of sp³-hybridized carbons (Fsp3) is 0.444. The molecule has 1 amide bonds. The van der Waals surface area contributed by atoms with Crippen molar-refractivity contribution in [3.63, 3.8) is 0 Å². The monoisotopic (exact) mass is 233 g/mol. The van der Waals surface area contributed by atoms with Gasteiger partial charge in [-0.05, 0) is 17.7 Å². The molecule has 0 fully saturated rings. The van der Waals surface area contributed by atoms with Crippen LogP contribution in [-0.4, -0.2) is 47.3 Å². The fourth-order valence-electron chi connectivity index (χ4n) is 1.17.